The highest BCUT2D eigenvalue weighted by atomic mass is 14.9. The Morgan fingerprint density at radius 2 is 1.06 bits per heavy atom. The molecule has 3 aromatic heterocycles. The van der Waals surface area contributed by atoms with Crippen LogP contribution in [0, 0.1) is 5.92 Å². The summed E-state index contributed by atoms with van der Waals surface area (Å²) >= 11 is 0. The van der Waals surface area contributed by atoms with Crippen molar-refractivity contribution in [2.24, 2.45) is 5.92 Å². The molecule has 49 heavy (non-hydrogen) atoms. The zero-order chi connectivity index (χ0) is 32.4. The zero-order valence-electron chi connectivity index (χ0n) is 26.6. The minimum Gasteiger partial charge on any atom is -0.254 e. The monoisotopic (exact) mass is 626 g/mol. The lowest BCUT2D eigenvalue weighted by Gasteiger charge is -2.35. The summed E-state index contributed by atoms with van der Waals surface area (Å²) < 4.78 is 0. The third-order valence-corrected chi connectivity index (χ3v) is 10.5. The van der Waals surface area contributed by atoms with Gasteiger partial charge in [0.25, 0.3) is 0 Å². The van der Waals surface area contributed by atoms with Crippen molar-refractivity contribution in [1.82, 2.24) is 19.9 Å². The molecule has 2 atom stereocenters. The van der Waals surface area contributed by atoms with Gasteiger partial charge >= 0.3 is 0 Å². The van der Waals surface area contributed by atoms with E-state index in [1.54, 1.807) is 0 Å². The molecule has 10 rings (SSSR count). The summed E-state index contributed by atoms with van der Waals surface area (Å²) in [5.74, 6) is 1.22. The molecular formula is C45H30N4. The summed E-state index contributed by atoms with van der Waals surface area (Å²) in [6.07, 6.45) is 12.9. The molecule has 0 aliphatic heterocycles. The van der Waals surface area contributed by atoms with Crippen LogP contribution in [0.15, 0.2) is 170 Å². The molecular weight excluding hydrogens is 597 g/mol. The number of hydrogen-bond donors (Lipinski definition) is 0. The van der Waals surface area contributed by atoms with Gasteiger partial charge in [0.2, 0.25) is 0 Å². The van der Waals surface area contributed by atoms with Gasteiger partial charge in [-0.2, -0.15) is 0 Å². The average molecular weight is 627 g/mol. The Bertz CT molecular complexity index is 2360. The van der Waals surface area contributed by atoms with Crippen molar-refractivity contribution in [3.05, 3.63) is 192 Å². The second-order valence-corrected chi connectivity index (χ2v) is 13.0. The minimum absolute atomic E-state index is 0.233. The van der Waals surface area contributed by atoms with E-state index in [2.05, 4.69) is 133 Å². The first kappa shape index (κ1) is 27.8. The minimum atomic E-state index is -0.371. The van der Waals surface area contributed by atoms with Crippen molar-refractivity contribution in [2.45, 2.75) is 11.3 Å². The summed E-state index contributed by atoms with van der Waals surface area (Å²) in [5.41, 5.74) is 14.0. The number of nitrogens with zero attached hydrogens (tertiary/aromatic N) is 4. The van der Waals surface area contributed by atoms with Crippen LogP contribution in [0.25, 0.3) is 56.4 Å². The predicted octanol–water partition coefficient (Wildman–Crippen LogP) is 10.1. The molecule has 0 fully saturated rings. The maximum absolute atomic E-state index is 5.11. The number of pyridine rings is 2. The van der Waals surface area contributed by atoms with Gasteiger partial charge < -0.3 is 0 Å². The predicted molar refractivity (Wildman–Crippen MR) is 196 cm³/mol. The van der Waals surface area contributed by atoms with Gasteiger partial charge in [-0.25, -0.2) is 9.97 Å². The summed E-state index contributed by atoms with van der Waals surface area (Å²) in [5, 5.41) is 0. The molecule has 0 amide bonds. The highest BCUT2D eigenvalue weighted by Crippen LogP contribution is 2.64. The molecule has 2 unspecified atom stereocenters. The number of rotatable bonds is 4. The number of allylic oxidation sites excluding steroid dienone is 4. The summed E-state index contributed by atoms with van der Waals surface area (Å²) in [6, 6.07) is 47.2. The Morgan fingerprint density at radius 1 is 0.449 bits per heavy atom. The Kier molecular flexibility index (Phi) is 6.18. The molecule has 3 aliphatic rings. The van der Waals surface area contributed by atoms with Crippen LogP contribution >= 0.6 is 0 Å². The number of benzene rings is 4. The first-order valence-electron chi connectivity index (χ1n) is 16.8. The molecule has 4 aromatic carbocycles. The van der Waals surface area contributed by atoms with E-state index in [4.69, 9.17) is 19.9 Å². The van der Waals surface area contributed by atoms with E-state index < -0.39 is 0 Å². The van der Waals surface area contributed by atoms with Crippen LogP contribution < -0.4 is 0 Å². The molecule has 1 spiro atoms. The fraction of sp³-hybridized carbons (Fsp3) is 0.0667. The number of hydrogen-bond acceptors (Lipinski definition) is 4. The van der Waals surface area contributed by atoms with Crippen LogP contribution in [0.2, 0.25) is 0 Å². The Balaban J connectivity index is 1.14. The van der Waals surface area contributed by atoms with Crippen molar-refractivity contribution in [1.29, 1.82) is 0 Å². The fourth-order valence-corrected chi connectivity index (χ4v) is 8.41. The van der Waals surface area contributed by atoms with Crippen LogP contribution in [-0.4, -0.2) is 19.9 Å². The van der Waals surface area contributed by atoms with E-state index in [0.29, 0.717) is 5.82 Å². The van der Waals surface area contributed by atoms with Gasteiger partial charge in [0, 0.05) is 40.9 Å². The lowest BCUT2D eigenvalue weighted by molar-refractivity contribution is 0.464. The summed E-state index contributed by atoms with van der Waals surface area (Å²) in [4.78, 5) is 19.9. The van der Waals surface area contributed by atoms with Crippen molar-refractivity contribution in [3.63, 3.8) is 0 Å². The molecule has 4 heteroatoms. The maximum Gasteiger partial charge on any atom is 0.160 e. The van der Waals surface area contributed by atoms with E-state index in [9.17, 15) is 0 Å². The van der Waals surface area contributed by atoms with Crippen LogP contribution in [0.3, 0.4) is 0 Å². The maximum atomic E-state index is 5.11. The smallest absolute Gasteiger partial charge is 0.160 e. The Hall–Kier alpha value is -6.26. The molecule has 0 N–H and O–H groups in total. The average Bonchev–Trinajstić information content (AvgIpc) is 3.66. The summed E-state index contributed by atoms with van der Waals surface area (Å²) in [6.45, 7) is 0. The van der Waals surface area contributed by atoms with Gasteiger partial charge in [0.15, 0.2) is 5.82 Å². The molecule has 3 heterocycles. The molecule has 0 saturated carbocycles. The molecule has 3 aliphatic carbocycles. The lowest BCUT2D eigenvalue weighted by atomic mass is 9.66. The second-order valence-electron chi connectivity index (χ2n) is 13.0. The molecule has 0 saturated heterocycles. The van der Waals surface area contributed by atoms with E-state index in [1.807, 2.05) is 36.7 Å². The van der Waals surface area contributed by atoms with Crippen molar-refractivity contribution < 1.29 is 0 Å². The molecule has 0 bridgehead atoms. The number of aromatic nitrogens is 4. The van der Waals surface area contributed by atoms with Crippen molar-refractivity contribution >= 4 is 0 Å². The Morgan fingerprint density at radius 3 is 1.80 bits per heavy atom. The van der Waals surface area contributed by atoms with Gasteiger partial charge in [-0.1, -0.05) is 127 Å². The van der Waals surface area contributed by atoms with E-state index in [1.165, 1.54) is 27.8 Å². The molecule has 4 nitrogen and oxygen atoms in total. The van der Waals surface area contributed by atoms with Crippen LogP contribution in [0.1, 0.15) is 28.2 Å². The molecule has 230 valence electrons. The van der Waals surface area contributed by atoms with Crippen molar-refractivity contribution in [3.8, 4) is 56.4 Å². The highest BCUT2D eigenvalue weighted by Gasteiger charge is 2.58. The topological polar surface area (TPSA) is 51.6 Å². The molecule has 7 aromatic rings. The largest absolute Gasteiger partial charge is 0.254 e. The highest BCUT2D eigenvalue weighted by molar-refractivity contribution is 5.83. The SMILES string of the molecule is C1=CC2c3ccc(-c4cccc(-c5cc(-c6ccccc6)nc(-c6ccccc6)n5)c4)cc3C3(c4cccnc4-c4ncccc43)C2C=C1. The van der Waals surface area contributed by atoms with E-state index in [-0.39, 0.29) is 17.3 Å². The van der Waals surface area contributed by atoms with E-state index >= 15 is 0 Å². The van der Waals surface area contributed by atoms with Gasteiger partial charge in [-0.05, 0) is 63.7 Å². The van der Waals surface area contributed by atoms with Gasteiger partial charge in [-0.15, -0.1) is 0 Å². The fourth-order valence-electron chi connectivity index (χ4n) is 8.41. The van der Waals surface area contributed by atoms with E-state index in [0.717, 1.165) is 45.0 Å². The number of fused-ring (bicyclic) bond motifs is 10. The lowest BCUT2D eigenvalue weighted by Crippen LogP contribution is -2.33. The standard InChI is InChI=1S/C45H30N4/c1-3-12-29(13-4-1)40-28-41(49-44(48-40)30-14-5-2-6-15-30)33-17-9-16-31(26-33)32-22-23-35-34-18-7-8-19-36(34)45(39(35)27-32)37-20-10-24-46-42(37)43-38(45)21-11-25-47-43/h1-28,34,36H. The second kappa shape index (κ2) is 10.9. The van der Waals surface area contributed by atoms with Gasteiger partial charge in [0.1, 0.15) is 0 Å². The quantitative estimate of drug-likeness (QED) is 0.195. The van der Waals surface area contributed by atoms with Gasteiger partial charge in [-0.3, -0.25) is 9.97 Å². The Labute approximate surface area is 285 Å². The van der Waals surface area contributed by atoms with Crippen molar-refractivity contribution in [2.75, 3.05) is 0 Å². The molecule has 0 radical (unpaired) electrons. The third-order valence-electron chi connectivity index (χ3n) is 10.5. The van der Waals surface area contributed by atoms with Crippen LogP contribution in [-0.2, 0) is 5.41 Å². The van der Waals surface area contributed by atoms with Crippen LogP contribution in [0.5, 0.6) is 0 Å². The summed E-state index contributed by atoms with van der Waals surface area (Å²) in [7, 11) is 0. The first-order valence-corrected chi connectivity index (χ1v) is 16.8. The first-order chi connectivity index (χ1) is 24.3. The third kappa shape index (κ3) is 4.17. The van der Waals surface area contributed by atoms with Crippen LogP contribution in [0.4, 0.5) is 0 Å². The van der Waals surface area contributed by atoms with Gasteiger partial charge in [0.05, 0.1) is 28.2 Å². The normalized spacial score (nSPS) is 17.4. The zero-order valence-corrected chi connectivity index (χ0v) is 26.6.